The maximum atomic E-state index is 10.5. The predicted octanol–water partition coefficient (Wildman–Crippen LogP) is 6.54. The Hall–Kier alpha value is -1.40. The molecule has 0 bridgehead atoms. The number of carbonyl (C=O) groups excluding carboxylic acids is 1. The molecule has 6 nitrogen and oxygen atoms in total. The lowest BCUT2D eigenvalue weighted by Crippen LogP contribution is -2.05. The van der Waals surface area contributed by atoms with Crippen molar-refractivity contribution >= 4 is 11.9 Å². The summed E-state index contributed by atoms with van der Waals surface area (Å²) >= 11 is 0. The molecule has 1 saturated heterocycles. The van der Waals surface area contributed by atoms with Gasteiger partial charge in [-0.15, -0.1) is 6.58 Å². The van der Waals surface area contributed by atoms with Crippen LogP contribution in [0.5, 0.6) is 0 Å². The van der Waals surface area contributed by atoms with Gasteiger partial charge in [0.25, 0.3) is 0 Å². The number of ether oxygens (including phenoxy) is 1. The zero-order valence-corrected chi connectivity index (χ0v) is 21.4. The molecule has 0 aromatic rings. The highest BCUT2D eigenvalue weighted by atomic mass is 16.5. The third-order valence-corrected chi connectivity index (χ3v) is 5.52. The van der Waals surface area contributed by atoms with Crippen molar-refractivity contribution in [2.75, 3.05) is 13.2 Å². The Morgan fingerprint density at radius 2 is 1.48 bits per heavy atom. The third kappa shape index (κ3) is 32.9. The molecule has 0 spiro atoms. The van der Waals surface area contributed by atoms with E-state index in [9.17, 15) is 14.7 Å². The molecule has 0 aliphatic carbocycles. The molecule has 1 atom stereocenters. The first-order chi connectivity index (χ1) is 16.0. The Bertz CT molecular complexity index is 432. The van der Waals surface area contributed by atoms with E-state index < -0.39 is 5.97 Å². The summed E-state index contributed by atoms with van der Waals surface area (Å²) in [5.74, 6) is -0.703. The minimum absolute atomic E-state index is 0.0255. The van der Waals surface area contributed by atoms with E-state index in [1.165, 1.54) is 51.4 Å². The monoisotopic (exact) mass is 471 g/mol. The van der Waals surface area contributed by atoms with Gasteiger partial charge in [0.15, 0.2) is 0 Å². The van der Waals surface area contributed by atoms with Crippen LogP contribution in [0.1, 0.15) is 129 Å². The first-order valence-corrected chi connectivity index (χ1v) is 13.3. The number of aliphatic carboxylic acids is 1. The Balaban J connectivity index is 0. The summed E-state index contributed by atoms with van der Waals surface area (Å²) in [6.45, 7) is 6.79. The predicted molar refractivity (Wildman–Crippen MR) is 137 cm³/mol. The van der Waals surface area contributed by atoms with Gasteiger partial charge in [-0.3, -0.25) is 9.59 Å². The fraction of sp³-hybridized carbons (Fsp3) is 0.852. The second-order valence-corrected chi connectivity index (χ2v) is 8.82. The van der Waals surface area contributed by atoms with Crippen LogP contribution in [0, 0.1) is 0 Å². The van der Waals surface area contributed by atoms with Crippen LogP contribution in [0.2, 0.25) is 0 Å². The van der Waals surface area contributed by atoms with E-state index in [-0.39, 0.29) is 12.1 Å². The Labute approximate surface area is 203 Å². The van der Waals surface area contributed by atoms with Gasteiger partial charge in [-0.1, -0.05) is 83.6 Å². The van der Waals surface area contributed by atoms with Crippen LogP contribution in [0.3, 0.4) is 0 Å². The van der Waals surface area contributed by atoms with E-state index >= 15 is 0 Å². The molecule has 0 aromatic carbocycles. The number of carboxylic acids is 1. The average Bonchev–Trinajstić information content (AvgIpc) is 3.05. The van der Waals surface area contributed by atoms with Gasteiger partial charge in [-0.05, 0) is 38.5 Å². The van der Waals surface area contributed by atoms with Gasteiger partial charge in [0.05, 0.1) is 12.7 Å². The first-order valence-electron chi connectivity index (χ1n) is 13.3. The van der Waals surface area contributed by atoms with E-state index in [0.717, 1.165) is 57.8 Å². The number of carbonyl (C=O) groups is 2. The Morgan fingerprint density at radius 1 is 0.970 bits per heavy atom. The molecule has 0 aromatic heterocycles. The van der Waals surface area contributed by atoms with Crippen LogP contribution in [0.25, 0.3) is 0 Å². The van der Waals surface area contributed by atoms with Crippen LogP contribution >= 0.6 is 0 Å². The summed E-state index contributed by atoms with van der Waals surface area (Å²) in [6, 6.07) is 0. The van der Waals surface area contributed by atoms with Gasteiger partial charge in [0.1, 0.15) is 0 Å². The molecule has 1 rings (SSSR count). The molecule has 0 amide bonds. The molecule has 196 valence electrons. The van der Waals surface area contributed by atoms with Gasteiger partial charge in [0, 0.05) is 19.4 Å². The number of hydrogen-bond acceptors (Lipinski definition) is 5. The lowest BCUT2D eigenvalue weighted by molar-refractivity contribution is -0.142. The summed E-state index contributed by atoms with van der Waals surface area (Å²) < 4.78 is 4.76. The van der Waals surface area contributed by atoms with E-state index in [0.29, 0.717) is 26.0 Å². The average molecular weight is 472 g/mol. The van der Waals surface area contributed by atoms with Gasteiger partial charge in [0.2, 0.25) is 0 Å². The van der Waals surface area contributed by atoms with Gasteiger partial charge in [-0.2, -0.15) is 0 Å². The summed E-state index contributed by atoms with van der Waals surface area (Å²) in [5, 5.41) is 18.4. The van der Waals surface area contributed by atoms with Crippen molar-refractivity contribution in [2.45, 2.75) is 135 Å². The first kappa shape index (κ1) is 33.8. The summed E-state index contributed by atoms with van der Waals surface area (Å²) in [5.41, 5.74) is 4.91. The normalized spacial score (nSPS) is 14.0. The number of aliphatic hydroxyl groups is 1. The second-order valence-electron chi connectivity index (χ2n) is 8.82. The molecular weight excluding hydrogens is 418 g/mol. The minimum atomic E-state index is -0.678. The van der Waals surface area contributed by atoms with E-state index in [2.05, 4.69) is 13.5 Å². The van der Waals surface area contributed by atoms with E-state index in [4.69, 9.17) is 15.6 Å². The molecule has 1 aliphatic heterocycles. The van der Waals surface area contributed by atoms with Crippen molar-refractivity contribution in [3.63, 3.8) is 0 Å². The van der Waals surface area contributed by atoms with E-state index in [1.54, 1.807) is 6.08 Å². The molecule has 1 heterocycles. The molecule has 33 heavy (non-hydrogen) atoms. The smallest absolute Gasteiger partial charge is 0.305 e. The maximum Gasteiger partial charge on any atom is 0.305 e. The highest BCUT2D eigenvalue weighted by Crippen LogP contribution is 2.14. The quantitative estimate of drug-likeness (QED) is 0.126. The highest BCUT2D eigenvalue weighted by molar-refractivity contribution is 5.69. The third-order valence-electron chi connectivity index (χ3n) is 5.52. The lowest BCUT2D eigenvalue weighted by Gasteiger charge is -2.10. The van der Waals surface area contributed by atoms with Crippen LogP contribution in [0.15, 0.2) is 12.7 Å². The zero-order valence-electron chi connectivity index (χ0n) is 21.4. The highest BCUT2D eigenvalue weighted by Gasteiger charge is 2.06. The number of unbranched alkanes of at least 4 members (excludes halogenated alkanes) is 10. The molecule has 0 saturated carbocycles. The van der Waals surface area contributed by atoms with Crippen molar-refractivity contribution in [3.05, 3.63) is 12.7 Å². The number of cyclic esters (lactones) is 1. The Morgan fingerprint density at radius 3 is 2.00 bits per heavy atom. The van der Waals surface area contributed by atoms with Crippen molar-refractivity contribution < 1.29 is 24.5 Å². The molecule has 4 N–H and O–H groups in total. The van der Waals surface area contributed by atoms with Crippen LogP contribution in [-0.4, -0.2) is 41.4 Å². The van der Waals surface area contributed by atoms with Crippen molar-refractivity contribution in [2.24, 2.45) is 5.73 Å². The molecule has 1 aliphatic rings. The topological polar surface area (TPSA) is 110 Å². The van der Waals surface area contributed by atoms with Crippen LogP contribution in [-0.2, 0) is 14.3 Å². The minimum Gasteiger partial charge on any atom is -0.481 e. The molecular formula is C27H53NO5. The Kier molecular flexibility index (Phi) is 29.3. The lowest BCUT2D eigenvalue weighted by atomic mass is 10.0. The maximum absolute atomic E-state index is 10.5. The van der Waals surface area contributed by atoms with Gasteiger partial charge >= 0.3 is 11.9 Å². The molecule has 1 unspecified atom stereocenters. The van der Waals surface area contributed by atoms with Crippen LogP contribution < -0.4 is 5.73 Å². The number of esters is 1. The number of hydrogen-bond donors (Lipinski definition) is 3. The van der Waals surface area contributed by atoms with E-state index in [1.807, 2.05) is 0 Å². The van der Waals surface area contributed by atoms with Crippen molar-refractivity contribution in [1.82, 2.24) is 0 Å². The second kappa shape index (κ2) is 28.6. The molecule has 6 heteroatoms. The van der Waals surface area contributed by atoms with Crippen molar-refractivity contribution in [3.8, 4) is 0 Å². The van der Waals surface area contributed by atoms with Crippen molar-refractivity contribution in [1.29, 1.82) is 0 Å². The SMILES string of the molecule is C=CCN.CCCCCCC(O)CCCCCCCCCCC(=O)O.O=C1CCCCCO1. The standard InChI is InChI=1S/C18H36O3.C6H10O2.C3H7N/c1-2-3-4-11-14-17(19)15-12-9-7-5-6-8-10-13-16-18(20)21;7-6-4-2-1-3-5-8-6;1-2-3-4/h17,19H,2-16H2,1H3,(H,20,21);1-5H2;2H,1,3-4H2. The van der Waals surface area contributed by atoms with Gasteiger partial charge in [-0.25, -0.2) is 0 Å². The number of carboxylic acid groups (broad SMARTS) is 1. The number of nitrogens with two attached hydrogens (primary N) is 1. The number of rotatable bonds is 17. The largest absolute Gasteiger partial charge is 0.481 e. The summed E-state index contributed by atoms with van der Waals surface area (Å²) in [6.07, 6.45) is 21.7. The molecule has 1 fully saturated rings. The zero-order chi connectivity index (χ0) is 25.0. The summed E-state index contributed by atoms with van der Waals surface area (Å²) in [4.78, 5) is 20.8. The fourth-order valence-electron chi connectivity index (χ4n) is 3.47. The fourth-order valence-corrected chi connectivity index (χ4v) is 3.47. The molecule has 0 radical (unpaired) electrons. The van der Waals surface area contributed by atoms with Crippen LogP contribution in [0.4, 0.5) is 0 Å². The number of aliphatic hydroxyl groups excluding tert-OH is 1. The van der Waals surface area contributed by atoms with Gasteiger partial charge < -0.3 is 20.7 Å². The summed E-state index contributed by atoms with van der Waals surface area (Å²) in [7, 11) is 0.